The molecule has 0 radical (unpaired) electrons. The Morgan fingerprint density at radius 1 is 1.30 bits per heavy atom. The number of nitrogens with zero attached hydrogens (tertiary/aromatic N) is 1. The summed E-state index contributed by atoms with van der Waals surface area (Å²) in [6.45, 7) is 4.31. The van der Waals surface area contributed by atoms with E-state index >= 15 is 0 Å². The van der Waals surface area contributed by atoms with E-state index in [2.05, 4.69) is 15.9 Å². The lowest BCUT2D eigenvalue weighted by molar-refractivity contribution is 0.101. The van der Waals surface area contributed by atoms with Gasteiger partial charge in [-0.05, 0) is 42.3 Å². The van der Waals surface area contributed by atoms with Gasteiger partial charge in [0.05, 0.1) is 13.2 Å². The third-order valence-corrected chi connectivity index (χ3v) is 4.80. The summed E-state index contributed by atoms with van der Waals surface area (Å²) in [5.74, 6) is -0.108. The zero-order valence-corrected chi connectivity index (χ0v) is 16.5. The lowest BCUT2D eigenvalue weighted by Crippen LogP contribution is -2.32. The van der Waals surface area contributed by atoms with Crippen molar-refractivity contribution in [2.45, 2.75) is 26.3 Å². The Kier molecular flexibility index (Phi) is 5.70. The molecule has 0 fully saturated rings. The third-order valence-electron chi connectivity index (χ3n) is 4.31. The van der Waals surface area contributed by atoms with Crippen molar-refractivity contribution in [3.05, 3.63) is 75.5 Å². The van der Waals surface area contributed by atoms with Crippen LogP contribution in [-0.2, 0) is 16.0 Å². The second-order valence-corrected chi connectivity index (χ2v) is 7.03. The standard InChI is InChI=1S/C20H19BrFNO4/c1-3-26-19-18(27-20(24)25)12(2)16-8-7-14(21)10-17(16)23(19)11-13-5-4-6-15(22)9-13/h4-10,12H,3,11H2,1-2H3,(H,24,25). The Hall–Kier alpha value is -2.54. The number of hydrogen-bond acceptors (Lipinski definition) is 4. The molecule has 0 spiro atoms. The summed E-state index contributed by atoms with van der Waals surface area (Å²) < 4.78 is 25.4. The fourth-order valence-corrected chi connectivity index (χ4v) is 3.52. The molecule has 2 aromatic carbocycles. The van der Waals surface area contributed by atoms with Crippen molar-refractivity contribution in [1.29, 1.82) is 0 Å². The monoisotopic (exact) mass is 435 g/mol. The fraction of sp³-hybridized carbons (Fsp3) is 0.250. The molecule has 2 aromatic rings. The molecule has 27 heavy (non-hydrogen) atoms. The van der Waals surface area contributed by atoms with Crippen LogP contribution in [0.4, 0.5) is 14.9 Å². The highest BCUT2D eigenvalue weighted by molar-refractivity contribution is 9.10. The highest BCUT2D eigenvalue weighted by atomic mass is 79.9. The van der Waals surface area contributed by atoms with E-state index < -0.39 is 6.16 Å². The van der Waals surface area contributed by atoms with Crippen molar-refractivity contribution in [3.8, 4) is 0 Å². The molecule has 1 N–H and O–H groups in total. The molecule has 7 heteroatoms. The Morgan fingerprint density at radius 2 is 2.07 bits per heavy atom. The van der Waals surface area contributed by atoms with Gasteiger partial charge in [0.1, 0.15) is 5.82 Å². The van der Waals surface area contributed by atoms with Gasteiger partial charge in [0.25, 0.3) is 0 Å². The molecule has 142 valence electrons. The topological polar surface area (TPSA) is 59.0 Å². The quantitative estimate of drug-likeness (QED) is 0.618. The fourth-order valence-electron chi connectivity index (χ4n) is 3.17. The average Bonchev–Trinajstić information content (AvgIpc) is 2.61. The lowest BCUT2D eigenvalue weighted by atomic mass is 9.93. The van der Waals surface area contributed by atoms with Gasteiger partial charge in [-0.15, -0.1) is 0 Å². The highest BCUT2D eigenvalue weighted by Crippen LogP contribution is 2.43. The van der Waals surface area contributed by atoms with Gasteiger partial charge in [-0.1, -0.05) is 41.1 Å². The Morgan fingerprint density at radius 3 is 2.74 bits per heavy atom. The molecule has 0 bridgehead atoms. The van der Waals surface area contributed by atoms with E-state index in [1.54, 1.807) is 12.1 Å². The van der Waals surface area contributed by atoms with Gasteiger partial charge in [0.2, 0.25) is 5.88 Å². The molecule has 1 unspecified atom stereocenters. The SMILES string of the molecule is CCOC1=C(OC(=O)O)C(C)c2ccc(Br)cc2N1Cc1cccc(F)c1. The van der Waals surface area contributed by atoms with Crippen LogP contribution >= 0.6 is 15.9 Å². The van der Waals surface area contributed by atoms with Gasteiger partial charge in [0.15, 0.2) is 5.76 Å². The van der Waals surface area contributed by atoms with Gasteiger partial charge in [-0.25, -0.2) is 9.18 Å². The first-order valence-corrected chi connectivity index (χ1v) is 9.29. The molecule has 1 heterocycles. The Bertz CT molecular complexity index is 899. The number of halogens is 2. The van der Waals surface area contributed by atoms with E-state index in [9.17, 15) is 14.3 Å². The van der Waals surface area contributed by atoms with Crippen molar-refractivity contribution >= 4 is 27.8 Å². The predicted molar refractivity (Wildman–Crippen MR) is 103 cm³/mol. The van der Waals surface area contributed by atoms with Gasteiger partial charge in [0, 0.05) is 16.1 Å². The zero-order chi connectivity index (χ0) is 19.6. The number of fused-ring (bicyclic) bond motifs is 1. The van der Waals surface area contributed by atoms with Crippen LogP contribution in [0.2, 0.25) is 0 Å². The van der Waals surface area contributed by atoms with Crippen LogP contribution < -0.4 is 4.90 Å². The van der Waals surface area contributed by atoms with Crippen molar-refractivity contribution in [2.75, 3.05) is 11.5 Å². The van der Waals surface area contributed by atoms with Crippen molar-refractivity contribution in [3.63, 3.8) is 0 Å². The predicted octanol–water partition coefficient (Wildman–Crippen LogP) is 5.61. The normalized spacial score (nSPS) is 16.1. The second-order valence-electron chi connectivity index (χ2n) is 6.11. The molecule has 0 amide bonds. The number of hydrogen-bond donors (Lipinski definition) is 1. The molecule has 1 atom stereocenters. The zero-order valence-electron chi connectivity index (χ0n) is 14.9. The Labute approximate surface area is 165 Å². The van der Waals surface area contributed by atoms with Crippen LogP contribution in [-0.4, -0.2) is 17.9 Å². The van der Waals surface area contributed by atoms with Crippen LogP contribution in [0.3, 0.4) is 0 Å². The van der Waals surface area contributed by atoms with E-state index in [-0.39, 0.29) is 17.5 Å². The van der Waals surface area contributed by atoms with Gasteiger partial charge < -0.3 is 19.5 Å². The minimum absolute atomic E-state index is 0.218. The van der Waals surface area contributed by atoms with Crippen LogP contribution in [0.25, 0.3) is 0 Å². The summed E-state index contributed by atoms with van der Waals surface area (Å²) in [5.41, 5.74) is 2.47. The molecular weight excluding hydrogens is 417 g/mol. The summed E-state index contributed by atoms with van der Waals surface area (Å²) in [6, 6.07) is 12.0. The first kappa shape index (κ1) is 19.2. The van der Waals surface area contributed by atoms with Crippen LogP contribution in [0.5, 0.6) is 0 Å². The molecule has 1 aliphatic rings. The maximum atomic E-state index is 13.7. The van der Waals surface area contributed by atoms with Gasteiger partial charge >= 0.3 is 6.16 Å². The average molecular weight is 436 g/mol. The summed E-state index contributed by atoms with van der Waals surface area (Å²) >= 11 is 3.48. The van der Waals surface area contributed by atoms with Crippen molar-refractivity contribution in [2.24, 2.45) is 0 Å². The summed E-state index contributed by atoms with van der Waals surface area (Å²) in [5, 5.41) is 9.19. The number of carboxylic acid groups (broad SMARTS) is 1. The molecule has 0 saturated heterocycles. The molecular formula is C20H19BrFNO4. The molecule has 0 aromatic heterocycles. The first-order valence-electron chi connectivity index (χ1n) is 8.49. The van der Waals surface area contributed by atoms with E-state index in [0.717, 1.165) is 21.3 Å². The van der Waals surface area contributed by atoms with Gasteiger partial charge in [-0.2, -0.15) is 0 Å². The minimum atomic E-state index is -1.40. The van der Waals surface area contributed by atoms with Crippen LogP contribution in [0.15, 0.2) is 58.6 Å². The molecule has 5 nitrogen and oxygen atoms in total. The third kappa shape index (κ3) is 4.08. The second kappa shape index (κ2) is 8.00. The largest absolute Gasteiger partial charge is 0.511 e. The van der Waals surface area contributed by atoms with Gasteiger partial charge in [-0.3, -0.25) is 0 Å². The number of rotatable bonds is 5. The Balaban J connectivity index is 2.15. The van der Waals surface area contributed by atoms with Crippen LogP contribution in [0.1, 0.15) is 30.9 Å². The number of benzene rings is 2. The lowest BCUT2D eigenvalue weighted by Gasteiger charge is -2.36. The van der Waals surface area contributed by atoms with E-state index in [4.69, 9.17) is 9.47 Å². The maximum Gasteiger partial charge on any atom is 0.511 e. The smallest absolute Gasteiger partial charge is 0.477 e. The number of carbonyl (C=O) groups is 1. The van der Waals surface area contributed by atoms with E-state index in [1.807, 2.05) is 36.9 Å². The van der Waals surface area contributed by atoms with Crippen molar-refractivity contribution < 1.29 is 23.8 Å². The molecule has 3 rings (SSSR count). The molecule has 0 saturated carbocycles. The number of anilines is 1. The highest BCUT2D eigenvalue weighted by Gasteiger charge is 2.34. The molecule has 1 aliphatic heterocycles. The van der Waals surface area contributed by atoms with E-state index in [1.165, 1.54) is 12.1 Å². The van der Waals surface area contributed by atoms with E-state index in [0.29, 0.717) is 19.0 Å². The molecule has 0 aliphatic carbocycles. The summed E-state index contributed by atoms with van der Waals surface area (Å²) in [6.07, 6.45) is -1.40. The summed E-state index contributed by atoms with van der Waals surface area (Å²) in [7, 11) is 0. The van der Waals surface area contributed by atoms with Crippen LogP contribution in [0, 0.1) is 5.82 Å². The first-order chi connectivity index (χ1) is 12.9. The minimum Gasteiger partial charge on any atom is -0.477 e. The van der Waals surface area contributed by atoms with Crippen molar-refractivity contribution in [1.82, 2.24) is 0 Å². The number of allylic oxidation sites excluding steroid dienone is 1. The summed E-state index contributed by atoms with van der Waals surface area (Å²) in [4.78, 5) is 13.1. The maximum absolute atomic E-state index is 13.7. The number of ether oxygens (including phenoxy) is 2.